The fourth-order valence-electron chi connectivity index (χ4n) is 1.52. The van der Waals surface area contributed by atoms with Crippen LogP contribution in [0.4, 0.5) is 15.8 Å². The van der Waals surface area contributed by atoms with Gasteiger partial charge in [0.15, 0.2) is 0 Å². The molecular formula is C11H16FIN2O. The topological polar surface area (TPSA) is 58.3 Å². The van der Waals surface area contributed by atoms with Crippen molar-refractivity contribution in [2.24, 2.45) is 0 Å². The first-order valence-corrected chi connectivity index (χ1v) is 6.17. The maximum atomic E-state index is 13.3. The van der Waals surface area contributed by atoms with E-state index >= 15 is 0 Å². The van der Waals surface area contributed by atoms with E-state index < -0.39 is 6.10 Å². The second-order valence-corrected chi connectivity index (χ2v) is 5.15. The summed E-state index contributed by atoms with van der Waals surface area (Å²) in [6, 6.07) is 3.02. The molecule has 5 heteroatoms. The van der Waals surface area contributed by atoms with Gasteiger partial charge in [-0.3, -0.25) is 0 Å². The molecule has 0 heterocycles. The van der Waals surface area contributed by atoms with Gasteiger partial charge in [-0.25, -0.2) is 4.39 Å². The Kier molecular flexibility index (Phi) is 4.79. The summed E-state index contributed by atoms with van der Waals surface area (Å²) in [5.74, 6) is -0.290. The molecule has 0 fully saturated rings. The zero-order valence-corrected chi connectivity index (χ0v) is 11.5. The smallest absolute Gasteiger partial charge is 0.138 e. The molecule has 0 radical (unpaired) electrons. The molecule has 2 atom stereocenters. The molecule has 0 aliphatic carbocycles. The third kappa shape index (κ3) is 3.79. The van der Waals surface area contributed by atoms with Gasteiger partial charge in [0.1, 0.15) is 5.82 Å². The van der Waals surface area contributed by atoms with Crippen molar-refractivity contribution in [2.45, 2.75) is 32.4 Å². The van der Waals surface area contributed by atoms with E-state index in [2.05, 4.69) is 5.32 Å². The summed E-state index contributed by atoms with van der Waals surface area (Å²) in [5, 5.41) is 12.3. The Morgan fingerprint density at radius 2 is 2.12 bits per heavy atom. The van der Waals surface area contributed by atoms with Crippen molar-refractivity contribution in [1.29, 1.82) is 0 Å². The molecule has 0 bridgehead atoms. The Balaban J connectivity index is 2.77. The molecule has 0 aliphatic rings. The van der Waals surface area contributed by atoms with Crippen LogP contribution in [-0.2, 0) is 0 Å². The van der Waals surface area contributed by atoms with Crippen LogP contribution in [-0.4, -0.2) is 17.3 Å². The maximum absolute atomic E-state index is 13.3. The summed E-state index contributed by atoms with van der Waals surface area (Å²) in [6.45, 7) is 3.64. The number of nitrogen functional groups attached to an aromatic ring is 1. The van der Waals surface area contributed by atoms with Crippen molar-refractivity contribution in [3.05, 3.63) is 21.5 Å². The predicted molar refractivity (Wildman–Crippen MR) is 72.9 cm³/mol. The highest BCUT2D eigenvalue weighted by Crippen LogP contribution is 2.25. The Morgan fingerprint density at radius 1 is 1.50 bits per heavy atom. The molecule has 0 amide bonds. The summed E-state index contributed by atoms with van der Waals surface area (Å²) in [5.41, 5.74) is 6.86. The van der Waals surface area contributed by atoms with Crippen molar-refractivity contribution in [1.82, 2.24) is 0 Å². The van der Waals surface area contributed by atoms with E-state index in [9.17, 15) is 9.50 Å². The number of nitrogens with two attached hydrogens (primary N) is 1. The summed E-state index contributed by atoms with van der Waals surface area (Å²) < 4.78 is 13.8. The Labute approximate surface area is 108 Å². The van der Waals surface area contributed by atoms with Gasteiger partial charge < -0.3 is 16.2 Å². The van der Waals surface area contributed by atoms with Gasteiger partial charge in [0, 0.05) is 12.1 Å². The number of rotatable bonds is 4. The van der Waals surface area contributed by atoms with Gasteiger partial charge in [-0.05, 0) is 48.9 Å². The molecule has 0 spiro atoms. The molecule has 1 aromatic carbocycles. The molecule has 90 valence electrons. The van der Waals surface area contributed by atoms with Crippen LogP contribution >= 0.6 is 22.6 Å². The molecule has 0 aliphatic heterocycles. The molecule has 0 saturated carbocycles. The van der Waals surface area contributed by atoms with E-state index in [1.807, 2.05) is 29.5 Å². The number of anilines is 2. The minimum atomic E-state index is -0.391. The highest BCUT2D eigenvalue weighted by molar-refractivity contribution is 14.1. The summed E-state index contributed by atoms with van der Waals surface area (Å²) in [6.07, 6.45) is 0.199. The van der Waals surface area contributed by atoms with Crippen molar-refractivity contribution < 1.29 is 9.50 Å². The van der Waals surface area contributed by atoms with E-state index in [0.29, 0.717) is 21.4 Å². The predicted octanol–water partition coefficient (Wildman–Crippen LogP) is 2.58. The fraction of sp³-hybridized carbons (Fsp3) is 0.455. The van der Waals surface area contributed by atoms with E-state index in [-0.39, 0.29) is 11.9 Å². The zero-order valence-electron chi connectivity index (χ0n) is 9.30. The van der Waals surface area contributed by atoms with Gasteiger partial charge in [0.2, 0.25) is 0 Å². The van der Waals surface area contributed by atoms with E-state index in [1.165, 1.54) is 6.07 Å². The third-order valence-corrected chi connectivity index (χ3v) is 3.02. The standard InChI is InChI=1S/C11H16FIN2O/c1-6(3-7(2)16)15-11-4-8(12)9(13)5-10(11)14/h4-7,15-16H,3,14H2,1-2H3. The van der Waals surface area contributed by atoms with Crippen LogP contribution in [0, 0.1) is 9.39 Å². The minimum Gasteiger partial charge on any atom is -0.397 e. The molecule has 3 nitrogen and oxygen atoms in total. The Bertz CT molecular complexity index is 371. The molecule has 0 saturated heterocycles. The van der Waals surface area contributed by atoms with Crippen molar-refractivity contribution in [3.8, 4) is 0 Å². The van der Waals surface area contributed by atoms with E-state index in [0.717, 1.165) is 0 Å². The van der Waals surface area contributed by atoms with Crippen LogP contribution in [0.15, 0.2) is 12.1 Å². The number of aliphatic hydroxyl groups is 1. The summed E-state index contributed by atoms with van der Waals surface area (Å²) in [7, 11) is 0. The van der Waals surface area contributed by atoms with E-state index in [4.69, 9.17) is 5.73 Å². The lowest BCUT2D eigenvalue weighted by atomic mass is 10.1. The lowest BCUT2D eigenvalue weighted by Gasteiger charge is -2.18. The Morgan fingerprint density at radius 3 is 2.69 bits per heavy atom. The van der Waals surface area contributed by atoms with Crippen LogP contribution in [0.2, 0.25) is 0 Å². The van der Waals surface area contributed by atoms with Crippen LogP contribution < -0.4 is 11.1 Å². The largest absolute Gasteiger partial charge is 0.397 e. The normalized spacial score (nSPS) is 14.6. The molecule has 16 heavy (non-hydrogen) atoms. The minimum absolute atomic E-state index is 0.0433. The number of aliphatic hydroxyl groups excluding tert-OH is 1. The van der Waals surface area contributed by atoms with Crippen LogP contribution in [0.25, 0.3) is 0 Å². The lowest BCUT2D eigenvalue weighted by molar-refractivity contribution is 0.179. The second-order valence-electron chi connectivity index (χ2n) is 3.98. The SMILES string of the molecule is CC(O)CC(C)Nc1cc(F)c(I)cc1N. The molecule has 2 unspecified atom stereocenters. The molecule has 1 rings (SSSR count). The second kappa shape index (κ2) is 5.67. The van der Waals surface area contributed by atoms with Gasteiger partial charge in [0.25, 0.3) is 0 Å². The number of halogens is 2. The molecular weight excluding hydrogens is 322 g/mol. The zero-order chi connectivity index (χ0) is 12.3. The highest BCUT2D eigenvalue weighted by atomic mass is 127. The molecule has 4 N–H and O–H groups in total. The summed E-state index contributed by atoms with van der Waals surface area (Å²) in [4.78, 5) is 0. The van der Waals surface area contributed by atoms with E-state index in [1.54, 1.807) is 13.0 Å². The number of hydrogen-bond donors (Lipinski definition) is 3. The van der Waals surface area contributed by atoms with Crippen LogP contribution in [0.1, 0.15) is 20.3 Å². The first-order valence-electron chi connectivity index (χ1n) is 5.09. The number of hydrogen-bond acceptors (Lipinski definition) is 3. The number of nitrogens with one attached hydrogen (secondary N) is 1. The maximum Gasteiger partial charge on any atom is 0.138 e. The van der Waals surface area contributed by atoms with Gasteiger partial charge in [-0.1, -0.05) is 0 Å². The lowest BCUT2D eigenvalue weighted by Crippen LogP contribution is -2.21. The third-order valence-electron chi connectivity index (χ3n) is 2.19. The molecule has 0 aromatic heterocycles. The van der Waals surface area contributed by atoms with Gasteiger partial charge in [-0.15, -0.1) is 0 Å². The van der Waals surface area contributed by atoms with Crippen LogP contribution in [0.3, 0.4) is 0 Å². The first-order chi connectivity index (χ1) is 7.40. The highest BCUT2D eigenvalue weighted by Gasteiger charge is 2.10. The van der Waals surface area contributed by atoms with Gasteiger partial charge in [0.05, 0.1) is 21.0 Å². The van der Waals surface area contributed by atoms with Gasteiger partial charge >= 0.3 is 0 Å². The monoisotopic (exact) mass is 338 g/mol. The average molecular weight is 338 g/mol. The average Bonchev–Trinajstić information content (AvgIpc) is 2.12. The number of benzene rings is 1. The summed E-state index contributed by atoms with van der Waals surface area (Å²) >= 11 is 1.90. The molecule has 1 aromatic rings. The quantitative estimate of drug-likeness (QED) is 0.584. The van der Waals surface area contributed by atoms with Gasteiger partial charge in [-0.2, -0.15) is 0 Å². The van der Waals surface area contributed by atoms with Crippen molar-refractivity contribution in [2.75, 3.05) is 11.1 Å². The van der Waals surface area contributed by atoms with Crippen molar-refractivity contribution >= 4 is 34.0 Å². The first kappa shape index (κ1) is 13.5. The van der Waals surface area contributed by atoms with Crippen molar-refractivity contribution in [3.63, 3.8) is 0 Å². The Hall–Kier alpha value is -0.560. The fourth-order valence-corrected chi connectivity index (χ4v) is 2.01. The van der Waals surface area contributed by atoms with Crippen LogP contribution in [0.5, 0.6) is 0 Å².